The van der Waals surface area contributed by atoms with Gasteiger partial charge in [0.05, 0.1) is 5.52 Å². The summed E-state index contributed by atoms with van der Waals surface area (Å²) in [4.78, 5) is 8.28. The van der Waals surface area contributed by atoms with Gasteiger partial charge in [-0.05, 0) is 36.5 Å². The summed E-state index contributed by atoms with van der Waals surface area (Å²) in [7, 11) is 0. The Morgan fingerprint density at radius 3 is 3.00 bits per heavy atom. The van der Waals surface area contributed by atoms with Crippen LogP contribution in [0.15, 0.2) is 18.5 Å². The number of anilines is 1. The minimum Gasteiger partial charge on any atom is -0.383 e. The van der Waals surface area contributed by atoms with Crippen LogP contribution in [0.4, 0.5) is 5.82 Å². The first kappa shape index (κ1) is 7.74. The van der Waals surface area contributed by atoms with E-state index in [0.29, 0.717) is 5.82 Å². The highest BCUT2D eigenvalue weighted by molar-refractivity contribution is 5.92. The first-order valence-corrected chi connectivity index (χ1v) is 4.87. The number of rotatable bonds is 0. The predicted molar refractivity (Wildman–Crippen MR) is 56.0 cm³/mol. The molecular formula is C11H11N3. The molecule has 0 spiro atoms. The lowest BCUT2D eigenvalue weighted by Gasteiger charge is -2.05. The van der Waals surface area contributed by atoms with Crippen LogP contribution in [0, 0.1) is 0 Å². The molecule has 0 aliphatic heterocycles. The molecule has 3 heteroatoms. The number of nitrogen functional groups attached to an aromatic ring is 1. The van der Waals surface area contributed by atoms with E-state index in [0.717, 1.165) is 17.3 Å². The van der Waals surface area contributed by atoms with Crippen molar-refractivity contribution in [3.8, 4) is 0 Å². The average molecular weight is 185 g/mol. The number of hydrogen-bond acceptors (Lipinski definition) is 3. The minimum absolute atomic E-state index is 0.619. The zero-order chi connectivity index (χ0) is 9.54. The third-order valence-electron chi connectivity index (χ3n) is 2.91. The van der Waals surface area contributed by atoms with Crippen LogP contribution >= 0.6 is 0 Å². The molecule has 3 nitrogen and oxygen atoms in total. The molecule has 0 atom stereocenters. The first-order valence-electron chi connectivity index (χ1n) is 4.87. The lowest BCUT2D eigenvalue weighted by Crippen LogP contribution is -1.96. The van der Waals surface area contributed by atoms with Gasteiger partial charge in [-0.15, -0.1) is 0 Å². The van der Waals surface area contributed by atoms with Crippen molar-refractivity contribution in [2.45, 2.75) is 19.3 Å². The molecule has 1 aromatic heterocycles. The fourth-order valence-corrected chi connectivity index (χ4v) is 2.27. The highest BCUT2D eigenvalue weighted by Gasteiger charge is 2.15. The Kier molecular flexibility index (Phi) is 1.48. The van der Waals surface area contributed by atoms with Crippen molar-refractivity contribution in [1.82, 2.24) is 9.97 Å². The van der Waals surface area contributed by atoms with Crippen LogP contribution in [0.1, 0.15) is 17.5 Å². The molecule has 0 fully saturated rings. The van der Waals surface area contributed by atoms with E-state index in [1.54, 1.807) is 0 Å². The van der Waals surface area contributed by atoms with Crippen molar-refractivity contribution < 1.29 is 0 Å². The van der Waals surface area contributed by atoms with Gasteiger partial charge in [0.15, 0.2) is 0 Å². The average Bonchev–Trinajstić information content (AvgIpc) is 2.65. The topological polar surface area (TPSA) is 51.8 Å². The lowest BCUT2D eigenvalue weighted by atomic mass is 10.0. The second kappa shape index (κ2) is 2.67. The Morgan fingerprint density at radius 1 is 1.14 bits per heavy atom. The summed E-state index contributed by atoms with van der Waals surface area (Å²) < 4.78 is 0. The van der Waals surface area contributed by atoms with Gasteiger partial charge in [0.1, 0.15) is 12.1 Å². The van der Waals surface area contributed by atoms with Crippen molar-refractivity contribution >= 4 is 16.7 Å². The van der Waals surface area contributed by atoms with Crippen molar-refractivity contribution in [1.29, 1.82) is 0 Å². The molecule has 1 heterocycles. The van der Waals surface area contributed by atoms with E-state index in [9.17, 15) is 0 Å². The van der Waals surface area contributed by atoms with Crippen LogP contribution in [-0.2, 0) is 12.8 Å². The molecule has 0 unspecified atom stereocenters. The summed E-state index contributed by atoms with van der Waals surface area (Å²) >= 11 is 0. The lowest BCUT2D eigenvalue weighted by molar-refractivity contribution is 0.913. The maximum Gasteiger partial charge on any atom is 0.134 e. The molecule has 0 saturated heterocycles. The quantitative estimate of drug-likeness (QED) is 0.679. The van der Waals surface area contributed by atoms with Crippen LogP contribution in [0.3, 0.4) is 0 Å². The van der Waals surface area contributed by atoms with Crippen molar-refractivity contribution in [2.75, 3.05) is 5.73 Å². The third-order valence-corrected chi connectivity index (χ3v) is 2.91. The second-order valence-electron chi connectivity index (χ2n) is 3.71. The van der Waals surface area contributed by atoms with Crippen molar-refractivity contribution in [3.63, 3.8) is 0 Å². The SMILES string of the molecule is Nc1ncnc2ccc3c(c12)CCC3. The molecule has 1 aromatic carbocycles. The smallest absolute Gasteiger partial charge is 0.134 e. The summed E-state index contributed by atoms with van der Waals surface area (Å²) in [5, 5.41) is 1.07. The zero-order valence-corrected chi connectivity index (χ0v) is 7.83. The number of nitrogens with zero attached hydrogens (tertiary/aromatic N) is 2. The molecular weight excluding hydrogens is 174 g/mol. The summed E-state index contributed by atoms with van der Waals surface area (Å²) in [6.07, 6.45) is 5.03. The van der Waals surface area contributed by atoms with Gasteiger partial charge in [-0.25, -0.2) is 9.97 Å². The van der Waals surface area contributed by atoms with E-state index < -0.39 is 0 Å². The van der Waals surface area contributed by atoms with Gasteiger partial charge in [-0.1, -0.05) is 6.07 Å². The Bertz CT molecular complexity index is 505. The first-order chi connectivity index (χ1) is 6.86. The molecule has 2 N–H and O–H groups in total. The largest absolute Gasteiger partial charge is 0.383 e. The van der Waals surface area contributed by atoms with E-state index >= 15 is 0 Å². The fourth-order valence-electron chi connectivity index (χ4n) is 2.27. The molecule has 1 aliphatic carbocycles. The molecule has 0 amide bonds. The summed E-state index contributed by atoms with van der Waals surface area (Å²) in [6.45, 7) is 0. The Hall–Kier alpha value is -1.64. The molecule has 0 saturated carbocycles. The predicted octanol–water partition coefficient (Wildman–Crippen LogP) is 1.70. The number of aryl methyl sites for hydroxylation is 2. The van der Waals surface area contributed by atoms with Gasteiger partial charge < -0.3 is 5.73 Å². The van der Waals surface area contributed by atoms with Crippen LogP contribution in [0.5, 0.6) is 0 Å². The number of hydrogen-bond donors (Lipinski definition) is 1. The molecule has 0 bridgehead atoms. The second-order valence-corrected chi connectivity index (χ2v) is 3.71. The van der Waals surface area contributed by atoms with E-state index in [4.69, 9.17) is 5.73 Å². The van der Waals surface area contributed by atoms with Gasteiger partial charge in [-0.2, -0.15) is 0 Å². The third kappa shape index (κ3) is 0.923. The highest BCUT2D eigenvalue weighted by Crippen LogP contribution is 2.31. The minimum atomic E-state index is 0.619. The van der Waals surface area contributed by atoms with Crippen LogP contribution < -0.4 is 5.73 Å². The number of nitrogens with two attached hydrogens (primary N) is 1. The van der Waals surface area contributed by atoms with Crippen molar-refractivity contribution in [2.24, 2.45) is 0 Å². The molecule has 1 aliphatic rings. The van der Waals surface area contributed by atoms with E-state index in [1.165, 1.54) is 30.3 Å². The van der Waals surface area contributed by atoms with Gasteiger partial charge >= 0.3 is 0 Å². The van der Waals surface area contributed by atoms with Gasteiger partial charge in [0, 0.05) is 5.39 Å². The highest BCUT2D eigenvalue weighted by atomic mass is 14.9. The van der Waals surface area contributed by atoms with Gasteiger partial charge in [0.25, 0.3) is 0 Å². The summed E-state index contributed by atoms with van der Waals surface area (Å²) in [6, 6.07) is 4.20. The fraction of sp³-hybridized carbons (Fsp3) is 0.273. The molecule has 70 valence electrons. The number of benzene rings is 1. The maximum absolute atomic E-state index is 5.88. The van der Waals surface area contributed by atoms with E-state index in [1.807, 2.05) is 6.07 Å². The summed E-state index contributed by atoms with van der Waals surface area (Å²) in [5.41, 5.74) is 9.63. The Morgan fingerprint density at radius 2 is 2.07 bits per heavy atom. The Balaban J connectivity index is 2.47. The molecule has 3 rings (SSSR count). The van der Waals surface area contributed by atoms with E-state index in [2.05, 4.69) is 16.0 Å². The van der Waals surface area contributed by atoms with Crippen LogP contribution in [-0.4, -0.2) is 9.97 Å². The Labute approximate surface area is 82.0 Å². The van der Waals surface area contributed by atoms with Gasteiger partial charge in [0.2, 0.25) is 0 Å². The standard InChI is InChI=1S/C11H11N3/c12-11-10-8-3-1-2-7(8)4-5-9(10)13-6-14-11/h4-6H,1-3H2,(H2,12,13,14). The normalized spacial score (nSPS) is 14.6. The maximum atomic E-state index is 5.88. The van der Waals surface area contributed by atoms with Crippen LogP contribution in [0.2, 0.25) is 0 Å². The zero-order valence-electron chi connectivity index (χ0n) is 7.83. The van der Waals surface area contributed by atoms with Crippen molar-refractivity contribution in [3.05, 3.63) is 29.6 Å². The molecule has 14 heavy (non-hydrogen) atoms. The molecule has 2 aromatic rings. The molecule has 0 radical (unpaired) electrons. The number of aromatic nitrogens is 2. The summed E-state index contributed by atoms with van der Waals surface area (Å²) in [5.74, 6) is 0.619. The number of fused-ring (bicyclic) bond motifs is 3. The van der Waals surface area contributed by atoms with E-state index in [-0.39, 0.29) is 0 Å². The van der Waals surface area contributed by atoms with Gasteiger partial charge in [-0.3, -0.25) is 0 Å². The monoisotopic (exact) mass is 185 g/mol. The van der Waals surface area contributed by atoms with Crippen LogP contribution in [0.25, 0.3) is 10.9 Å².